The number of halogens is 6. The van der Waals surface area contributed by atoms with E-state index in [1.165, 1.54) is 77.0 Å². The van der Waals surface area contributed by atoms with E-state index in [1.807, 2.05) is 0 Å². The Balaban J connectivity index is 0.00000147. The Labute approximate surface area is 240 Å². The largest absolute Gasteiger partial charge is 0.463 e. The molecule has 0 saturated carbocycles. The van der Waals surface area contributed by atoms with Crippen molar-refractivity contribution in [3.8, 4) is 0 Å². The van der Waals surface area contributed by atoms with Gasteiger partial charge >= 0.3 is 12.1 Å². The van der Waals surface area contributed by atoms with Gasteiger partial charge in [-0.25, -0.2) is 0 Å². The second kappa shape index (κ2) is 21.7. The summed E-state index contributed by atoms with van der Waals surface area (Å²) >= 11 is 13.2. The van der Waals surface area contributed by atoms with E-state index in [1.54, 1.807) is 0 Å². The number of hydrogen-bond donors (Lipinski definition) is 3. The van der Waals surface area contributed by atoms with Gasteiger partial charge in [-0.1, -0.05) is 132 Å². The molecule has 3 N–H and O–H groups in total. The molecule has 0 aromatic carbocycles. The molecule has 6 nitrogen and oxygen atoms in total. The summed E-state index contributed by atoms with van der Waals surface area (Å²) < 4.78 is 40.5. The van der Waals surface area contributed by atoms with Gasteiger partial charge in [-0.3, -0.25) is 4.79 Å². The first-order chi connectivity index (χ1) is 17.8. The maximum Gasteiger partial charge on any atom is 0.435 e. The van der Waals surface area contributed by atoms with Crippen molar-refractivity contribution in [2.75, 3.05) is 13.2 Å². The molecule has 1 saturated heterocycles. The van der Waals surface area contributed by atoms with Crippen LogP contribution in [0.3, 0.4) is 0 Å². The lowest BCUT2D eigenvalue weighted by Crippen LogP contribution is -2.41. The van der Waals surface area contributed by atoms with Gasteiger partial charge in [-0.2, -0.15) is 13.2 Å². The molecule has 0 spiro atoms. The van der Waals surface area contributed by atoms with Gasteiger partial charge in [-0.05, 0) is 6.42 Å². The molecule has 228 valence electrons. The van der Waals surface area contributed by atoms with Crippen LogP contribution in [0.2, 0.25) is 0 Å². The van der Waals surface area contributed by atoms with E-state index in [0.717, 1.165) is 19.3 Å². The second-order valence-corrected chi connectivity index (χ2v) is 12.1. The number of aliphatic hydroxyl groups excluding tert-OH is 3. The predicted molar refractivity (Wildman–Crippen MR) is 145 cm³/mol. The number of hydrogen-bond acceptors (Lipinski definition) is 6. The normalized spacial score (nSPS) is 20.6. The molecule has 1 heterocycles. The number of rotatable bonds is 19. The summed E-state index contributed by atoms with van der Waals surface area (Å²) in [5.74, 6) is -0.336. The Morgan fingerprint density at radius 2 is 1.26 bits per heavy atom. The highest BCUT2D eigenvalue weighted by atomic mass is 35.6. The van der Waals surface area contributed by atoms with Gasteiger partial charge in [0.1, 0.15) is 31.0 Å². The van der Waals surface area contributed by atoms with Crippen LogP contribution in [-0.2, 0) is 14.3 Å². The molecule has 38 heavy (non-hydrogen) atoms. The molecule has 1 rings (SSSR count). The predicted octanol–water partition coefficient (Wildman–Crippen LogP) is 7.19. The summed E-state index contributed by atoms with van der Waals surface area (Å²) in [5, 5.41) is 29.0. The number of carbonyl (C=O) groups excluding carboxylic acids is 1. The van der Waals surface area contributed by atoms with Crippen molar-refractivity contribution in [2.45, 2.75) is 144 Å². The third kappa shape index (κ3) is 19.1. The number of unbranched alkanes of at least 4 members (excludes halogenated alkanes) is 14. The van der Waals surface area contributed by atoms with Crippen molar-refractivity contribution in [1.82, 2.24) is 0 Å². The molecule has 4 atom stereocenters. The quantitative estimate of drug-likeness (QED) is 0.0807. The van der Waals surface area contributed by atoms with Crippen LogP contribution in [0.4, 0.5) is 13.2 Å². The molecular weight excluding hydrogens is 572 g/mol. The summed E-state index contributed by atoms with van der Waals surface area (Å²) in [4.78, 5) is 11.8. The van der Waals surface area contributed by atoms with Crippen LogP contribution in [0, 0.1) is 0 Å². The standard InChI is InChI=1S/C24H46O6.C2Cl3F3/c1-2-3-4-5-6-7-8-9-10-11-12-13-14-15-16-17-22(27)29-19-21(26)24-23(28)20(25)18-30-24;3-1(4,5)2(6,7)8/h20-21,23-26,28H,2-19H2,1H3;/t20-,21+,23+,24+;/m0./s1. The van der Waals surface area contributed by atoms with Gasteiger partial charge in [0.15, 0.2) is 0 Å². The van der Waals surface area contributed by atoms with Crippen molar-refractivity contribution in [3.63, 3.8) is 0 Å². The van der Waals surface area contributed by atoms with Crippen molar-refractivity contribution in [2.24, 2.45) is 0 Å². The van der Waals surface area contributed by atoms with Crippen LogP contribution in [0.5, 0.6) is 0 Å². The topological polar surface area (TPSA) is 96.2 Å². The molecule has 0 unspecified atom stereocenters. The molecule has 1 aliphatic heterocycles. The number of alkyl halides is 6. The molecule has 0 bridgehead atoms. The van der Waals surface area contributed by atoms with E-state index in [0.29, 0.717) is 6.42 Å². The van der Waals surface area contributed by atoms with Crippen LogP contribution < -0.4 is 0 Å². The third-order valence-corrected chi connectivity index (χ3v) is 6.93. The zero-order valence-corrected chi connectivity index (χ0v) is 24.6. The SMILES string of the molecule is CCCCCCCCCCCCCCCCCC(=O)OC[C@@H](O)[C@H]1OC[C@H](O)[C@H]1O.FC(F)(F)C(Cl)(Cl)Cl. The first-order valence-electron chi connectivity index (χ1n) is 13.8. The fourth-order valence-corrected chi connectivity index (χ4v) is 3.95. The highest BCUT2D eigenvalue weighted by molar-refractivity contribution is 6.68. The average molecular weight is 618 g/mol. The average Bonchev–Trinajstić information content (AvgIpc) is 3.17. The molecule has 0 amide bonds. The smallest absolute Gasteiger partial charge is 0.435 e. The molecule has 0 aromatic heterocycles. The second-order valence-electron chi connectivity index (χ2n) is 9.80. The summed E-state index contributed by atoms with van der Waals surface area (Å²) in [6, 6.07) is 0. The zero-order chi connectivity index (χ0) is 29.0. The molecule has 0 aromatic rings. The summed E-state index contributed by atoms with van der Waals surface area (Å²) in [7, 11) is 0. The van der Waals surface area contributed by atoms with Crippen LogP contribution in [0.15, 0.2) is 0 Å². The van der Waals surface area contributed by atoms with Crippen LogP contribution >= 0.6 is 34.8 Å². The molecule has 12 heteroatoms. The lowest BCUT2D eigenvalue weighted by molar-refractivity contribution is -0.151. The minimum Gasteiger partial charge on any atom is -0.463 e. The minimum absolute atomic E-state index is 0.0179. The number of aliphatic hydroxyl groups is 3. The highest BCUT2D eigenvalue weighted by Crippen LogP contribution is 2.42. The molecule has 1 fully saturated rings. The van der Waals surface area contributed by atoms with E-state index in [2.05, 4.69) is 41.7 Å². The fraction of sp³-hybridized carbons (Fsp3) is 0.962. The van der Waals surface area contributed by atoms with Crippen LogP contribution in [0.1, 0.15) is 110 Å². The summed E-state index contributed by atoms with van der Waals surface area (Å²) in [5.41, 5.74) is 0. The zero-order valence-electron chi connectivity index (χ0n) is 22.4. The summed E-state index contributed by atoms with van der Waals surface area (Å²) in [6.07, 6.45) is 10.6. The Bertz CT molecular complexity index is 582. The first-order valence-corrected chi connectivity index (χ1v) is 14.9. The van der Waals surface area contributed by atoms with Gasteiger partial charge < -0.3 is 24.8 Å². The van der Waals surface area contributed by atoms with E-state index in [9.17, 15) is 33.3 Å². The maximum atomic E-state index is 11.8. The first kappa shape index (κ1) is 38.0. The Kier molecular flexibility index (Phi) is 21.7. The molecular formula is C26H46Cl3F3O6. The van der Waals surface area contributed by atoms with E-state index >= 15 is 0 Å². The van der Waals surface area contributed by atoms with Crippen molar-refractivity contribution in [1.29, 1.82) is 0 Å². The minimum atomic E-state index is -4.77. The van der Waals surface area contributed by atoms with Crippen LogP contribution in [-0.4, -0.2) is 68.9 Å². The van der Waals surface area contributed by atoms with E-state index in [4.69, 9.17) is 9.47 Å². The number of ether oxygens (including phenoxy) is 2. The summed E-state index contributed by atoms with van der Waals surface area (Å²) in [6.45, 7) is 2.03. The maximum absolute atomic E-state index is 11.8. The van der Waals surface area contributed by atoms with Gasteiger partial charge in [0.2, 0.25) is 0 Å². The lowest BCUT2D eigenvalue weighted by Gasteiger charge is -2.20. The molecule has 0 aliphatic carbocycles. The van der Waals surface area contributed by atoms with E-state index < -0.39 is 34.4 Å². The van der Waals surface area contributed by atoms with Crippen LogP contribution in [0.25, 0.3) is 0 Å². The highest BCUT2D eigenvalue weighted by Gasteiger charge is 2.51. The van der Waals surface area contributed by atoms with Gasteiger partial charge in [0.25, 0.3) is 3.79 Å². The van der Waals surface area contributed by atoms with Gasteiger partial charge in [-0.15, -0.1) is 0 Å². The Morgan fingerprint density at radius 3 is 1.61 bits per heavy atom. The van der Waals surface area contributed by atoms with Gasteiger partial charge in [0.05, 0.1) is 6.61 Å². The number of carbonyl (C=O) groups is 1. The van der Waals surface area contributed by atoms with Gasteiger partial charge in [0, 0.05) is 6.42 Å². The third-order valence-electron chi connectivity index (χ3n) is 6.29. The lowest BCUT2D eigenvalue weighted by atomic mass is 10.0. The monoisotopic (exact) mass is 616 g/mol. The molecule has 0 radical (unpaired) electrons. The van der Waals surface area contributed by atoms with Crippen molar-refractivity contribution >= 4 is 40.8 Å². The Hall–Kier alpha value is -0.0300. The molecule has 1 aliphatic rings. The van der Waals surface area contributed by atoms with Crippen molar-refractivity contribution in [3.05, 3.63) is 0 Å². The Morgan fingerprint density at radius 1 is 0.868 bits per heavy atom. The van der Waals surface area contributed by atoms with E-state index in [-0.39, 0.29) is 19.2 Å². The number of esters is 1. The van der Waals surface area contributed by atoms with Crippen molar-refractivity contribution < 1.29 is 42.8 Å². The fourth-order valence-electron chi connectivity index (χ4n) is 3.95.